The van der Waals surface area contributed by atoms with Gasteiger partial charge in [-0.25, -0.2) is 4.98 Å². The third-order valence-electron chi connectivity index (χ3n) is 4.08. The van der Waals surface area contributed by atoms with Crippen LogP contribution in [0.15, 0.2) is 30.3 Å². The molecule has 154 valence electrons. The van der Waals surface area contributed by atoms with Gasteiger partial charge in [0.25, 0.3) is 10.1 Å². The van der Waals surface area contributed by atoms with Crippen LogP contribution in [0.3, 0.4) is 0 Å². The molecule has 2 radical (unpaired) electrons. The van der Waals surface area contributed by atoms with E-state index in [-0.39, 0.29) is 14.8 Å². The lowest BCUT2D eigenvalue weighted by atomic mass is 9.94. The van der Waals surface area contributed by atoms with Crippen LogP contribution in [0.4, 0.5) is 0 Å². The largest absolute Gasteiger partial charge is 0.481 e. The average molecular weight is 424 g/mol. The first-order chi connectivity index (χ1) is 12.8. The summed E-state index contributed by atoms with van der Waals surface area (Å²) in [6.07, 6.45) is 0.703. The predicted octanol–water partition coefficient (Wildman–Crippen LogP) is 3.76. The van der Waals surface area contributed by atoms with Crippen LogP contribution in [-0.2, 0) is 25.1 Å². The van der Waals surface area contributed by atoms with Crippen molar-refractivity contribution in [1.29, 1.82) is 0 Å². The number of nitrogens with zero attached hydrogens (tertiary/aromatic N) is 1. The van der Waals surface area contributed by atoms with Crippen molar-refractivity contribution < 1.29 is 21.8 Å². The lowest BCUT2D eigenvalue weighted by Crippen LogP contribution is -2.45. The fourth-order valence-corrected chi connectivity index (χ4v) is 4.05. The minimum atomic E-state index is -3.67. The van der Waals surface area contributed by atoms with Crippen molar-refractivity contribution in [3.63, 3.8) is 0 Å². The molecule has 0 saturated heterocycles. The molecule has 1 unspecified atom stereocenters. The van der Waals surface area contributed by atoms with E-state index in [1.165, 1.54) is 0 Å². The van der Waals surface area contributed by atoms with Crippen LogP contribution >= 0.6 is 0 Å². The molecule has 0 saturated carbocycles. The number of hydrogen-bond acceptors (Lipinski definition) is 6. The van der Waals surface area contributed by atoms with Gasteiger partial charge >= 0.3 is 0 Å². The fourth-order valence-electron chi connectivity index (χ4n) is 2.63. The first-order valence-corrected chi connectivity index (χ1v) is 11.8. The molecule has 0 amide bonds. The molecule has 2 rings (SSSR count). The summed E-state index contributed by atoms with van der Waals surface area (Å²) in [6.45, 7) is 9.96. The van der Waals surface area contributed by atoms with E-state index >= 15 is 0 Å². The van der Waals surface area contributed by atoms with E-state index < -0.39 is 21.8 Å². The predicted molar refractivity (Wildman–Crippen MR) is 112 cm³/mol. The van der Waals surface area contributed by atoms with Crippen molar-refractivity contribution in [2.45, 2.75) is 57.8 Å². The van der Waals surface area contributed by atoms with Crippen molar-refractivity contribution >= 4 is 30.8 Å². The Hall–Kier alpha value is -1.48. The molecule has 1 heterocycles. The molecule has 0 bridgehead atoms. The number of rotatable bonds is 8. The van der Waals surface area contributed by atoms with Crippen LogP contribution < -0.4 is 4.74 Å². The van der Waals surface area contributed by atoms with Gasteiger partial charge in [0.15, 0.2) is 0 Å². The highest BCUT2D eigenvalue weighted by atomic mass is 32.2. The number of aromatic nitrogens is 1. The molecule has 0 aliphatic rings. The van der Waals surface area contributed by atoms with Gasteiger partial charge in [-0.1, -0.05) is 39.0 Å². The second kappa shape index (κ2) is 8.48. The lowest BCUT2D eigenvalue weighted by Gasteiger charge is -2.35. The summed E-state index contributed by atoms with van der Waals surface area (Å²) in [5, 5.41) is 0.924. The summed E-state index contributed by atoms with van der Waals surface area (Å²) in [6, 6.07) is 9.54. The van der Waals surface area contributed by atoms with E-state index in [2.05, 4.69) is 25.8 Å². The standard InChI is InChI=1S/C20H29NO5SSi/c1-19(2,3)28-26-20(4,5)16(25-27(7,22)23)13-15-10-8-9-14-11-12-17(24-6)21-18(14)15/h8-12,16H,13H2,1-7H3. The summed E-state index contributed by atoms with van der Waals surface area (Å²) < 4.78 is 40.7. The Morgan fingerprint density at radius 2 is 1.79 bits per heavy atom. The molecular formula is C20H29NO5SSi. The van der Waals surface area contributed by atoms with Gasteiger partial charge in [0.1, 0.15) is 6.10 Å². The van der Waals surface area contributed by atoms with E-state index in [0.717, 1.165) is 22.7 Å². The number of para-hydroxylation sites is 1. The van der Waals surface area contributed by atoms with Gasteiger partial charge in [0.05, 0.1) is 24.5 Å². The quantitative estimate of drug-likeness (QED) is 0.475. The van der Waals surface area contributed by atoms with Gasteiger partial charge in [0.2, 0.25) is 15.6 Å². The summed E-state index contributed by atoms with van der Waals surface area (Å²) in [7, 11) is -1.90. The maximum absolute atomic E-state index is 11.9. The third-order valence-corrected chi connectivity index (χ3v) is 5.90. The van der Waals surface area contributed by atoms with Gasteiger partial charge in [0, 0.05) is 17.9 Å². The van der Waals surface area contributed by atoms with E-state index in [0.29, 0.717) is 12.3 Å². The molecule has 28 heavy (non-hydrogen) atoms. The Bertz CT molecular complexity index is 922. The van der Waals surface area contributed by atoms with Gasteiger partial charge in [-0.3, -0.25) is 4.18 Å². The summed E-state index contributed by atoms with van der Waals surface area (Å²) in [4.78, 5) is 4.54. The molecule has 0 spiro atoms. The number of methoxy groups -OCH3 is 1. The molecule has 6 nitrogen and oxygen atoms in total. The minimum absolute atomic E-state index is 0.0265. The van der Waals surface area contributed by atoms with Crippen molar-refractivity contribution in [3.05, 3.63) is 35.9 Å². The van der Waals surface area contributed by atoms with Crippen LogP contribution in [0.1, 0.15) is 40.2 Å². The van der Waals surface area contributed by atoms with Crippen molar-refractivity contribution in [1.82, 2.24) is 4.98 Å². The molecule has 0 fully saturated rings. The number of benzene rings is 1. The van der Waals surface area contributed by atoms with Crippen molar-refractivity contribution in [2.75, 3.05) is 13.4 Å². The zero-order valence-electron chi connectivity index (χ0n) is 17.6. The van der Waals surface area contributed by atoms with Crippen LogP contribution in [0, 0.1) is 0 Å². The highest BCUT2D eigenvalue weighted by Crippen LogP contribution is 2.30. The number of fused-ring (bicyclic) bond motifs is 1. The molecule has 1 atom stereocenters. The highest BCUT2D eigenvalue weighted by Gasteiger charge is 2.36. The SMILES string of the molecule is COc1ccc2cccc(CC(OS(C)(=O)=O)C(C)(C)O[Si]C(C)(C)C)c2n1. The highest BCUT2D eigenvalue weighted by molar-refractivity contribution is 7.86. The van der Waals surface area contributed by atoms with E-state index in [4.69, 9.17) is 13.3 Å². The Morgan fingerprint density at radius 1 is 1.11 bits per heavy atom. The molecule has 0 aliphatic heterocycles. The Kier molecular flexibility index (Phi) is 6.91. The van der Waals surface area contributed by atoms with Crippen LogP contribution in [0.25, 0.3) is 10.9 Å². The van der Waals surface area contributed by atoms with Gasteiger partial charge in [-0.05, 0) is 30.5 Å². The van der Waals surface area contributed by atoms with Crippen LogP contribution in [0.2, 0.25) is 5.04 Å². The lowest BCUT2D eigenvalue weighted by molar-refractivity contribution is -0.00975. The maximum atomic E-state index is 11.9. The molecule has 0 aliphatic carbocycles. The maximum Gasteiger partial charge on any atom is 0.264 e. The smallest absolute Gasteiger partial charge is 0.264 e. The fraction of sp³-hybridized carbons (Fsp3) is 0.550. The normalized spacial score (nSPS) is 14.2. The minimum Gasteiger partial charge on any atom is -0.481 e. The Balaban J connectivity index is 2.41. The second-order valence-electron chi connectivity index (χ2n) is 8.39. The molecule has 8 heteroatoms. The average Bonchev–Trinajstić information content (AvgIpc) is 2.57. The Labute approximate surface area is 170 Å². The van der Waals surface area contributed by atoms with E-state index in [9.17, 15) is 8.42 Å². The Morgan fingerprint density at radius 3 is 2.36 bits per heavy atom. The molecular weight excluding hydrogens is 394 g/mol. The number of hydrogen-bond donors (Lipinski definition) is 0. The third kappa shape index (κ3) is 6.54. The monoisotopic (exact) mass is 423 g/mol. The molecule has 0 N–H and O–H groups in total. The summed E-state index contributed by atoms with van der Waals surface area (Å²) >= 11 is 0. The number of pyridine rings is 1. The van der Waals surface area contributed by atoms with Gasteiger partial charge < -0.3 is 9.16 Å². The first-order valence-electron chi connectivity index (χ1n) is 9.07. The van der Waals surface area contributed by atoms with E-state index in [1.54, 1.807) is 13.2 Å². The van der Waals surface area contributed by atoms with E-state index in [1.807, 2.05) is 38.1 Å². The zero-order valence-corrected chi connectivity index (χ0v) is 19.4. The summed E-state index contributed by atoms with van der Waals surface area (Å²) in [5.41, 5.74) is 0.828. The van der Waals surface area contributed by atoms with Crippen molar-refractivity contribution in [3.8, 4) is 5.88 Å². The van der Waals surface area contributed by atoms with Crippen LogP contribution in [-0.4, -0.2) is 48.2 Å². The zero-order chi connectivity index (χ0) is 21.2. The first kappa shape index (κ1) is 22.8. The van der Waals surface area contributed by atoms with Gasteiger partial charge in [-0.15, -0.1) is 0 Å². The second-order valence-corrected chi connectivity index (χ2v) is 11.9. The number of ether oxygens (including phenoxy) is 1. The molecule has 1 aromatic heterocycles. The molecule has 1 aromatic carbocycles. The van der Waals surface area contributed by atoms with Gasteiger partial charge in [-0.2, -0.15) is 8.42 Å². The topological polar surface area (TPSA) is 74.7 Å². The molecule has 2 aromatic rings. The summed E-state index contributed by atoms with van der Waals surface area (Å²) in [5.74, 6) is 0.505. The van der Waals surface area contributed by atoms with Crippen molar-refractivity contribution in [2.24, 2.45) is 0 Å². The van der Waals surface area contributed by atoms with Crippen LogP contribution in [0.5, 0.6) is 5.88 Å².